The summed E-state index contributed by atoms with van der Waals surface area (Å²) < 4.78 is 11.7. The van der Waals surface area contributed by atoms with Crippen molar-refractivity contribution in [3.63, 3.8) is 0 Å². The van der Waals surface area contributed by atoms with E-state index in [0.29, 0.717) is 22.3 Å². The van der Waals surface area contributed by atoms with Crippen molar-refractivity contribution >= 4 is 34.8 Å². The van der Waals surface area contributed by atoms with E-state index < -0.39 is 11.5 Å². The SMILES string of the molecule is CCOC(=O)c1ccccc1NC(=O)CSc1n[nH]c(=O)c2cc(-c3ccco3)nn12. The lowest BCUT2D eigenvalue weighted by Gasteiger charge is -2.10. The molecular weight excluding hydrogens is 422 g/mol. The fourth-order valence-electron chi connectivity index (χ4n) is 2.83. The van der Waals surface area contributed by atoms with Gasteiger partial charge in [-0.1, -0.05) is 23.9 Å². The van der Waals surface area contributed by atoms with Gasteiger partial charge in [0, 0.05) is 6.07 Å². The molecular formula is C20H17N5O5S. The Morgan fingerprint density at radius 3 is 2.87 bits per heavy atom. The number of furan rings is 1. The van der Waals surface area contributed by atoms with E-state index in [1.807, 2.05) is 0 Å². The van der Waals surface area contributed by atoms with E-state index in [-0.39, 0.29) is 29.3 Å². The van der Waals surface area contributed by atoms with Gasteiger partial charge in [-0.3, -0.25) is 9.59 Å². The fraction of sp³-hybridized carbons (Fsp3) is 0.150. The Hall–Kier alpha value is -3.86. The van der Waals surface area contributed by atoms with Crippen LogP contribution < -0.4 is 10.9 Å². The number of hydrogen-bond donors (Lipinski definition) is 2. The van der Waals surface area contributed by atoms with Gasteiger partial charge in [-0.25, -0.2) is 14.4 Å². The number of benzene rings is 1. The highest BCUT2D eigenvalue weighted by Crippen LogP contribution is 2.22. The lowest BCUT2D eigenvalue weighted by Crippen LogP contribution is -2.19. The molecule has 2 N–H and O–H groups in total. The number of aromatic amines is 1. The maximum atomic E-state index is 12.5. The Morgan fingerprint density at radius 2 is 2.10 bits per heavy atom. The number of para-hydroxylation sites is 1. The molecule has 0 fully saturated rings. The number of anilines is 1. The predicted octanol–water partition coefficient (Wildman–Crippen LogP) is 2.59. The molecule has 1 aromatic carbocycles. The first kappa shape index (κ1) is 20.4. The Kier molecular flexibility index (Phi) is 5.85. The third-order valence-electron chi connectivity index (χ3n) is 4.18. The highest BCUT2D eigenvalue weighted by Gasteiger charge is 2.17. The molecule has 11 heteroatoms. The van der Waals surface area contributed by atoms with E-state index in [1.165, 1.54) is 10.8 Å². The molecule has 0 saturated heterocycles. The Morgan fingerprint density at radius 1 is 1.26 bits per heavy atom. The van der Waals surface area contributed by atoms with Crippen LogP contribution in [-0.4, -0.2) is 44.0 Å². The Labute approximate surface area is 179 Å². The third-order valence-corrected chi connectivity index (χ3v) is 5.11. The lowest BCUT2D eigenvalue weighted by atomic mass is 10.2. The van der Waals surface area contributed by atoms with Crippen LogP contribution >= 0.6 is 11.8 Å². The molecule has 0 atom stereocenters. The number of rotatable bonds is 7. The Bertz CT molecular complexity index is 1300. The number of esters is 1. The fourth-order valence-corrected chi connectivity index (χ4v) is 3.53. The molecule has 3 aromatic heterocycles. The summed E-state index contributed by atoms with van der Waals surface area (Å²) in [6.07, 6.45) is 1.51. The van der Waals surface area contributed by atoms with E-state index >= 15 is 0 Å². The molecule has 3 heterocycles. The zero-order chi connectivity index (χ0) is 21.8. The molecule has 31 heavy (non-hydrogen) atoms. The molecule has 0 aliphatic carbocycles. The van der Waals surface area contributed by atoms with Crippen LogP contribution in [0.3, 0.4) is 0 Å². The monoisotopic (exact) mass is 439 g/mol. The third kappa shape index (κ3) is 4.36. The molecule has 1 amide bonds. The van der Waals surface area contributed by atoms with Crippen LogP contribution in [-0.2, 0) is 9.53 Å². The van der Waals surface area contributed by atoms with E-state index in [4.69, 9.17) is 9.15 Å². The molecule has 10 nitrogen and oxygen atoms in total. The minimum atomic E-state index is -0.517. The second kappa shape index (κ2) is 8.88. The smallest absolute Gasteiger partial charge is 0.340 e. The van der Waals surface area contributed by atoms with E-state index in [9.17, 15) is 14.4 Å². The predicted molar refractivity (Wildman–Crippen MR) is 113 cm³/mol. The number of fused-ring (bicyclic) bond motifs is 1. The molecule has 0 bridgehead atoms. The minimum Gasteiger partial charge on any atom is -0.463 e. The van der Waals surface area contributed by atoms with Crippen molar-refractivity contribution in [3.8, 4) is 11.5 Å². The van der Waals surface area contributed by atoms with E-state index in [2.05, 4.69) is 20.6 Å². The second-order valence-electron chi connectivity index (χ2n) is 6.24. The van der Waals surface area contributed by atoms with E-state index in [0.717, 1.165) is 11.8 Å². The molecule has 4 rings (SSSR count). The number of carbonyl (C=O) groups excluding carboxylic acids is 2. The lowest BCUT2D eigenvalue weighted by molar-refractivity contribution is -0.113. The van der Waals surface area contributed by atoms with Crippen LogP contribution in [0, 0.1) is 0 Å². The molecule has 0 unspecified atom stereocenters. The van der Waals surface area contributed by atoms with Crippen molar-refractivity contribution in [2.45, 2.75) is 12.1 Å². The summed E-state index contributed by atoms with van der Waals surface area (Å²) in [5, 5.41) is 13.8. The second-order valence-corrected chi connectivity index (χ2v) is 7.18. The van der Waals surface area contributed by atoms with Crippen molar-refractivity contribution in [3.05, 3.63) is 64.6 Å². The van der Waals surface area contributed by atoms with Crippen molar-refractivity contribution in [1.82, 2.24) is 19.8 Å². The summed E-state index contributed by atoms with van der Waals surface area (Å²) in [6, 6.07) is 11.6. The summed E-state index contributed by atoms with van der Waals surface area (Å²) >= 11 is 1.08. The van der Waals surface area contributed by atoms with Crippen molar-refractivity contribution in [2.24, 2.45) is 0 Å². The van der Waals surface area contributed by atoms with Gasteiger partial charge >= 0.3 is 5.97 Å². The van der Waals surface area contributed by atoms with Crippen molar-refractivity contribution in [1.29, 1.82) is 0 Å². The first-order valence-corrected chi connectivity index (χ1v) is 10.3. The summed E-state index contributed by atoms with van der Waals surface area (Å²) in [6.45, 7) is 1.94. The normalized spacial score (nSPS) is 10.9. The van der Waals surface area contributed by atoms with Gasteiger partial charge in [0.25, 0.3) is 5.56 Å². The number of H-pyrrole nitrogens is 1. The number of aromatic nitrogens is 4. The first-order valence-electron chi connectivity index (χ1n) is 9.28. The molecule has 0 aliphatic heterocycles. The van der Waals surface area contributed by atoms with E-state index in [1.54, 1.807) is 49.4 Å². The first-order chi connectivity index (χ1) is 15.1. The summed E-state index contributed by atoms with van der Waals surface area (Å²) in [7, 11) is 0. The summed E-state index contributed by atoms with van der Waals surface area (Å²) in [4.78, 5) is 36.7. The molecule has 4 aromatic rings. The largest absolute Gasteiger partial charge is 0.463 e. The van der Waals surface area contributed by atoms with Gasteiger partial charge in [0.1, 0.15) is 11.2 Å². The number of nitrogens with one attached hydrogen (secondary N) is 2. The molecule has 0 radical (unpaired) electrons. The van der Waals surface area contributed by atoms with Crippen LogP contribution in [0.1, 0.15) is 17.3 Å². The van der Waals surface area contributed by atoms with Gasteiger partial charge in [-0.2, -0.15) is 5.10 Å². The van der Waals surface area contributed by atoms with Gasteiger partial charge in [0.05, 0.1) is 29.9 Å². The standard InChI is InChI=1S/C20H17N5O5S/c1-2-29-19(28)12-6-3-4-7-13(12)21-17(26)11-31-20-23-22-18(27)15-10-14(24-25(15)20)16-8-5-9-30-16/h3-10H,2,11H2,1H3,(H,21,26)(H,22,27). The van der Waals surface area contributed by atoms with Crippen LogP contribution in [0.5, 0.6) is 0 Å². The summed E-state index contributed by atoms with van der Waals surface area (Å²) in [5.41, 5.74) is 0.949. The zero-order valence-electron chi connectivity index (χ0n) is 16.3. The quantitative estimate of drug-likeness (QED) is 0.332. The number of nitrogens with zero attached hydrogens (tertiary/aromatic N) is 3. The number of ether oxygens (including phenoxy) is 1. The average molecular weight is 439 g/mol. The van der Waals surface area contributed by atoms with Gasteiger partial charge in [0.15, 0.2) is 5.76 Å². The van der Waals surface area contributed by atoms with Gasteiger partial charge in [-0.15, -0.1) is 5.10 Å². The number of amides is 1. The molecule has 158 valence electrons. The maximum absolute atomic E-state index is 12.5. The van der Waals surface area contributed by atoms with Gasteiger partial charge in [-0.05, 0) is 31.2 Å². The molecule has 0 aliphatic rings. The molecule has 0 saturated carbocycles. The maximum Gasteiger partial charge on any atom is 0.340 e. The Balaban J connectivity index is 1.51. The number of thioether (sulfide) groups is 1. The zero-order valence-corrected chi connectivity index (χ0v) is 17.1. The van der Waals surface area contributed by atoms with Crippen LogP contribution in [0.15, 0.2) is 63.1 Å². The molecule has 0 spiro atoms. The van der Waals surface area contributed by atoms with Crippen LogP contribution in [0.25, 0.3) is 17.0 Å². The van der Waals surface area contributed by atoms with Crippen LogP contribution in [0.2, 0.25) is 0 Å². The van der Waals surface area contributed by atoms with Gasteiger partial charge < -0.3 is 14.5 Å². The average Bonchev–Trinajstić information content (AvgIpc) is 3.44. The minimum absolute atomic E-state index is 0.0265. The van der Waals surface area contributed by atoms with Crippen molar-refractivity contribution < 1.29 is 18.7 Å². The number of carbonyl (C=O) groups is 2. The van der Waals surface area contributed by atoms with Gasteiger partial charge in [0.2, 0.25) is 11.1 Å². The summed E-state index contributed by atoms with van der Waals surface area (Å²) in [5.74, 6) is -0.396. The highest BCUT2D eigenvalue weighted by molar-refractivity contribution is 7.99. The highest BCUT2D eigenvalue weighted by atomic mass is 32.2. The number of hydrogen-bond acceptors (Lipinski definition) is 8. The van der Waals surface area contributed by atoms with Crippen LogP contribution in [0.4, 0.5) is 5.69 Å². The van der Waals surface area contributed by atoms with Crippen molar-refractivity contribution in [2.75, 3.05) is 17.7 Å². The topological polar surface area (TPSA) is 132 Å².